The summed E-state index contributed by atoms with van der Waals surface area (Å²) in [6.45, 7) is 5.68. The quantitative estimate of drug-likeness (QED) is 0.871. The second kappa shape index (κ2) is 6.30. The number of hydrogen-bond acceptors (Lipinski definition) is 3. The molecule has 1 aliphatic heterocycles. The van der Waals surface area contributed by atoms with Crippen molar-refractivity contribution in [1.29, 1.82) is 0 Å². The molecule has 0 spiro atoms. The zero-order chi connectivity index (χ0) is 14.3. The zero-order valence-corrected chi connectivity index (χ0v) is 13.6. The summed E-state index contributed by atoms with van der Waals surface area (Å²) in [6, 6.07) is 6.90. The van der Waals surface area contributed by atoms with Gasteiger partial charge < -0.3 is 10.2 Å². The van der Waals surface area contributed by atoms with Crippen LogP contribution in [-0.2, 0) is 0 Å². The van der Waals surface area contributed by atoms with Crippen LogP contribution < -0.4 is 5.32 Å². The molecular weight excluding hydrogens is 311 g/mol. The monoisotopic (exact) mass is 328 g/mol. The summed E-state index contributed by atoms with van der Waals surface area (Å²) in [7, 11) is 0. The second-order valence-corrected chi connectivity index (χ2v) is 6.36. The molecule has 1 fully saturated rings. The Labute approximate surface area is 133 Å². The fraction of sp³-hybridized carbons (Fsp3) is 0.400. The largest absolute Gasteiger partial charge is 0.332 e. The lowest BCUT2D eigenvalue weighted by Crippen LogP contribution is -2.57. The summed E-state index contributed by atoms with van der Waals surface area (Å²) >= 11 is 1.43. The van der Waals surface area contributed by atoms with Crippen molar-refractivity contribution < 1.29 is 9.18 Å². The van der Waals surface area contributed by atoms with Crippen molar-refractivity contribution in [2.75, 3.05) is 13.1 Å². The van der Waals surface area contributed by atoms with Crippen LogP contribution in [0.3, 0.4) is 0 Å². The van der Waals surface area contributed by atoms with Gasteiger partial charge in [0.2, 0.25) is 0 Å². The third-order valence-corrected chi connectivity index (χ3v) is 5.09. The number of nitrogens with zero attached hydrogens (tertiary/aromatic N) is 1. The van der Waals surface area contributed by atoms with Crippen molar-refractivity contribution >= 4 is 39.7 Å². The van der Waals surface area contributed by atoms with Gasteiger partial charge in [0.1, 0.15) is 5.82 Å². The maximum Gasteiger partial charge on any atom is 0.264 e. The van der Waals surface area contributed by atoms with E-state index >= 15 is 0 Å². The van der Waals surface area contributed by atoms with Gasteiger partial charge in [-0.2, -0.15) is 0 Å². The average Bonchev–Trinajstić information content (AvgIpc) is 2.84. The molecule has 1 saturated heterocycles. The Kier molecular flexibility index (Phi) is 4.86. The van der Waals surface area contributed by atoms with Crippen molar-refractivity contribution in [3.8, 4) is 0 Å². The van der Waals surface area contributed by atoms with Crippen LogP contribution >= 0.6 is 23.7 Å². The van der Waals surface area contributed by atoms with Crippen LogP contribution in [0.4, 0.5) is 4.39 Å². The number of nitrogens with one attached hydrogen (secondary N) is 1. The molecule has 0 radical (unpaired) electrons. The van der Waals surface area contributed by atoms with E-state index in [0.29, 0.717) is 17.5 Å². The van der Waals surface area contributed by atoms with Gasteiger partial charge in [0, 0.05) is 29.9 Å². The number of carbonyl (C=O) groups is 1. The van der Waals surface area contributed by atoms with Crippen LogP contribution in [0.2, 0.25) is 0 Å². The highest BCUT2D eigenvalue weighted by molar-refractivity contribution is 7.20. The molecular formula is C15H18ClFN2OS. The van der Waals surface area contributed by atoms with E-state index in [-0.39, 0.29) is 30.2 Å². The molecule has 1 N–H and O–H groups in total. The van der Waals surface area contributed by atoms with Crippen molar-refractivity contribution in [3.05, 3.63) is 35.0 Å². The maximum absolute atomic E-state index is 13.2. The molecule has 114 valence electrons. The fourth-order valence-electron chi connectivity index (χ4n) is 2.60. The molecule has 2 heterocycles. The third-order valence-electron chi connectivity index (χ3n) is 3.98. The first kappa shape index (κ1) is 16.2. The Morgan fingerprint density at radius 1 is 1.38 bits per heavy atom. The van der Waals surface area contributed by atoms with Crippen LogP contribution in [0.25, 0.3) is 10.1 Å². The molecule has 2 atom stereocenters. The van der Waals surface area contributed by atoms with Crippen LogP contribution in [0.5, 0.6) is 0 Å². The summed E-state index contributed by atoms with van der Waals surface area (Å²) in [5.41, 5.74) is 0. The van der Waals surface area contributed by atoms with Gasteiger partial charge in [0.15, 0.2) is 0 Å². The number of hydrogen-bond donors (Lipinski definition) is 1. The van der Waals surface area contributed by atoms with Gasteiger partial charge in [-0.25, -0.2) is 4.39 Å². The SMILES string of the molecule is CC1NCCN(C(=O)c2cc3cc(F)ccc3s2)C1C.Cl. The lowest BCUT2D eigenvalue weighted by molar-refractivity contribution is 0.0608. The Morgan fingerprint density at radius 2 is 2.14 bits per heavy atom. The molecule has 3 nitrogen and oxygen atoms in total. The smallest absolute Gasteiger partial charge is 0.264 e. The van der Waals surface area contributed by atoms with Gasteiger partial charge in [-0.3, -0.25) is 4.79 Å². The molecule has 2 aromatic rings. The lowest BCUT2D eigenvalue weighted by Gasteiger charge is -2.38. The first-order chi connectivity index (χ1) is 9.56. The number of piperazine rings is 1. The minimum absolute atomic E-state index is 0. The van der Waals surface area contributed by atoms with Gasteiger partial charge in [-0.1, -0.05) is 0 Å². The topological polar surface area (TPSA) is 32.3 Å². The Hall–Kier alpha value is -1.17. The molecule has 1 amide bonds. The van der Waals surface area contributed by atoms with Crippen LogP contribution in [-0.4, -0.2) is 36.0 Å². The minimum Gasteiger partial charge on any atom is -0.332 e. The molecule has 6 heteroatoms. The van der Waals surface area contributed by atoms with Gasteiger partial charge in [0.05, 0.1) is 4.88 Å². The van der Waals surface area contributed by atoms with Crippen LogP contribution in [0.1, 0.15) is 23.5 Å². The Morgan fingerprint density at radius 3 is 2.90 bits per heavy atom. The van der Waals surface area contributed by atoms with E-state index in [1.165, 1.54) is 23.5 Å². The standard InChI is InChI=1S/C15H17FN2OS.ClH/c1-9-10(2)18(6-5-17-9)15(19)14-8-11-7-12(16)3-4-13(11)20-14;/h3-4,7-10,17H,5-6H2,1-2H3;1H. The van der Waals surface area contributed by atoms with E-state index in [9.17, 15) is 9.18 Å². The van der Waals surface area contributed by atoms with Crippen LogP contribution in [0, 0.1) is 5.82 Å². The summed E-state index contributed by atoms with van der Waals surface area (Å²) < 4.78 is 14.2. The van der Waals surface area contributed by atoms with E-state index < -0.39 is 0 Å². The van der Waals surface area contributed by atoms with E-state index in [0.717, 1.165) is 16.6 Å². The van der Waals surface area contributed by atoms with Crippen molar-refractivity contribution in [2.24, 2.45) is 0 Å². The Bertz CT molecular complexity index is 660. The molecule has 2 unspecified atom stereocenters. The normalized spacial score (nSPS) is 22.1. The minimum atomic E-state index is -0.265. The summed E-state index contributed by atoms with van der Waals surface area (Å²) in [5.74, 6) is -0.217. The van der Waals surface area contributed by atoms with Crippen molar-refractivity contribution in [1.82, 2.24) is 10.2 Å². The lowest BCUT2D eigenvalue weighted by atomic mass is 10.1. The van der Waals surface area contributed by atoms with E-state index in [4.69, 9.17) is 0 Å². The van der Waals surface area contributed by atoms with Crippen LogP contribution in [0.15, 0.2) is 24.3 Å². The number of benzene rings is 1. The molecule has 1 aromatic carbocycles. The van der Waals surface area contributed by atoms with E-state index in [2.05, 4.69) is 19.2 Å². The molecule has 1 aliphatic rings. The average molecular weight is 329 g/mol. The van der Waals surface area contributed by atoms with Gasteiger partial charge in [0.25, 0.3) is 5.91 Å². The number of rotatable bonds is 1. The molecule has 21 heavy (non-hydrogen) atoms. The first-order valence-corrected chi connectivity index (χ1v) is 7.61. The number of amides is 1. The summed E-state index contributed by atoms with van der Waals surface area (Å²) in [5, 5.41) is 4.16. The van der Waals surface area contributed by atoms with Gasteiger partial charge >= 0.3 is 0 Å². The predicted octanol–water partition coefficient (Wildman–Crippen LogP) is 3.28. The first-order valence-electron chi connectivity index (χ1n) is 6.80. The number of carbonyl (C=O) groups excluding carboxylic acids is 1. The highest BCUT2D eigenvalue weighted by Gasteiger charge is 2.29. The summed E-state index contributed by atoms with van der Waals surface area (Å²) in [6.07, 6.45) is 0. The molecule has 1 aromatic heterocycles. The third kappa shape index (κ3) is 3.05. The van der Waals surface area contributed by atoms with E-state index in [1.807, 2.05) is 4.90 Å². The van der Waals surface area contributed by atoms with Crippen molar-refractivity contribution in [2.45, 2.75) is 25.9 Å². The fourth-order valence-corrected chi connectivity index (χ4v) is 3.60. The molecule has 3 rings (SSSR count). The highest BCUT2D eigenvalue weighted by Crippen LogP contribution is 2.28. The van der Waals surface area contributed by atoms with Gasteiger partial charge in [-0.05, 0) is 43.5 Å². The van der Waals surface area contributed by atoms with Gasteiger partial charge in [-0.15, -0.1) is 23.7 Å². The number of halogens is 2. The number of fused-ring (bicyclic) bond motifs is 1. The van der Waals surface area contributed by atoms with E-state index in [1.54, 1.807) is 12.1 Å². The zero-order valence-electron chi connectivity index (χ0n) is 11.9. The second-order valence-electron chi connectivity index (χ2n) is 5.27. The summed E-state index contributed by atoms with van der Waals surface area (Å²) in [4.78, 5) is 15.2. The highest BCUT2D eigenvalue weighted by atomic mass is 35.5. The maximum atomic E-state index is 13.2. The molecule has 0 bridgehead atoms. The predicted molar refractivity (Wildman–Crippen MR) is 87.0 cm³/mol. The Balaban J connectivity index is 0.00000161. The van der Waals surface area contributed by atoms with Crippen molar-refractivity contribution in [3.63, 3.8) is 0 Å². The molecule has 0 saturated carbocycles. The molecule has 0 aliphatic carbocycles. The number of thiophene rings is 1.